The van der Waals surface area contributed by atoms with Gasteiger partial charge in [-0.05, 0) is 35.7 Å². The van der Waals surface area contributed by atoms with Crippen LogP contribution in [0.25, 0.3) is 11.1 Å². The Morgan fingerprint density at radius 2 is 1.89 bits per heavy atom. The van der Waals surface area contributed by atoms with Crippen LogP contribution in [0.3, 0.4) is 0 Å². The standard InChI is InChI=1S/C22H26N6/c1-2-6-18(7-3-1)19-8-4-9-20(16-19)26-22-25-12-10-21(27-22)24-11-5-14-28-15-13-23-17-28/h1-4,6-10,12,16,23H,5,11,13-15,17H2,(H2,24,25,26,27). The maximum atomic E-state index is 4.58. The van der Waals surface area contributed by atoms with Crippen molar-refractivity contribution < 1.29 is 0 Å². The highest BCUT2D eigenvalue weighted by molar-refractivity contribution is 5.69. The monoisotopic (exact) mass is 374 g/mol. The maximum Gasteiger partial charge on any atom is 0.229 e. The first-order valence-corrected chi connectivity index (χ1v) is 9.79. The van der Waals surface area contributed by atoms with Crippen LogP contribution in [0.5, 0.6) is 0 Å². The van der Waals surface area contributed by atoms with Gasteiger partial charge < -0.3 is 16.0 Å². The number of hydrogen-bond acceptors (Lipinski definition) is 6. The number of anilines is 3. The minimum absolute atomic E-state index is 0.596. The van der Waals surface area contributed by atoms with Crippen molar-refractivity contribution in [3.63, 3.8) is 0 Å². The Labute approximate surface area is 166 Å². The van der Waals surface area contributed by atoms with Gasteiger partial charge >= 0.3 is 0 Å². The second kappa shape index (κ2) is 9.30. The van der Waals surface area contributed by atoms with Crippen molar-refractivity contribution in [2.75, 3.05) is 43.5 Å². The highest BCUT2D eigenvalue weighted by Crippen LogP contribution is 2.23. The fourth-order valence-electron chi connectivity index (χ4n) is 3.32. The molecule has 0 bridgehead atoms. The zero-order chi connectivity index (χ0) is 19.0. The third-order valence-corrected chi connectivity index (χ3v) is 4.78. The van der Waals surface area contributed by atoms with Crippen LogP contribution in [0.15, 0.2) is 66.9 Å². The fraction of sp³-hybridized carbons (Fsp3) is 0.273. The van der Waals surface area contributed by atoms with Crippen molar-refractivity contribution in [3.8, 4) is 11.1 Å². The molecule has 6 nitrogen and oxygen atoms in total. The van der Waals surface area contributed by atoms with Crippen LogP contribution in [0.2, 0.25) is 0 Å². The van der Waals surface area contributed by atoms with Gasteiger partial charge in [0, 0.05) is 44.7 Å². The summed E-state index contributed by atoms with van der Waals surface area (Å²) >= 11 is 0. The van der Waals surface area contributed by atoms with Crippen molar-refractivity contribution in [1.29, 1.82) is 0 Å². The quantitative estimate of drug-likeness (QED) is 0.524. The number of hydrogen-bond donors (Lipinski definition) is 3. The summed E-state index contributed by atoms with van der Waals surface area (Å²) in [6, 6.07) is 20.5. The Morgan fingerprint density at radius 3 is 2.75 bits per heavy atom. The Bertz CT molecular complexity index is 877. The molecule has 3 N–H and O–H groups in total. The van der Waals surface area contributed by atoms with Gasteiger partial charge in [0.05, 0.1) is 0 Å². The van der Waals surface area contributed by atoms with E-state index in [1.165, 1.54) is 5.56 Å². The lowest BCUT2D eigenvalue weighted by atomic mass is 10.1. The normalized spacial score (nSPS) is 14.1. The second-order valence-corrected chi connectivity index (χ2v) is 6.89. The van der Waals surface area contributed by atoms with Crippen LogP contribution >= 0.6 is 0 Å². The van der Waals surface area contributed by atoms with Gasteiger partial charge in [-0.15, -0.1) is 0 Å². The molecule has 0 unspecified atom stereocenters. The summed E-state index contributed by atoms with van der Waals surface area (Å²) in [5.74, 6) is 1.44. The molecule has 2 heterocycles. The molecule has 1 saturated heterocycles. The van der Waals surface area contributed by atoms with Crippen LogP contribution in [0, 0.1) is 0 Å². The van der Waals surface area contributed by atoms with Crippen LogP contribution in [0.1, 0.15) is 6.42 Å². The minimum Gasteiger partial charge on any atom is -0.370 e. The summed E-state index contributed by atoms with van der Waals surface area (Å²) in [4.78, 5) is 11.4. The molecule has 0 atom stereocenters. The van der Waals surface area contributed by atoms with Gasteiger partial charge in [-0.25, -0.2) is 4.98 Å². The molecule has 1 aliphatic rings. The molecule has 4 rings (SSSR count). The number of nitrogens with zero attached hydrogens (tertiary/aromatic N) is 3. The molecule has 3 aromatic rings. The topological polar surface area (TPSA) is 65.1 Å². The van der Waals surface area contributed by atoms with Crippen molar-refractivity contribution in [3.05, 3.63) is 66.9 Å². The van der Waals surface area contributed by atoms with E-state index in [-0.39, 0.29) is 0 Å². The zero-order valence-corrected chi connectivity index (χ0v) is 15.9. The van der Waals surface area contributed by atoms with E-state index in [0.717, 1.165) is 56.3 Å². The number of benzene rings is 2. The third kappa shape index (κ3) is 5.06. The van der Waals surface area contributed by atoms with Crippen molar-refractivity contribution in [1.82, 2.24) is 20.2 Å². The molecule has 1 fully saturated rings. The molecule has 2 aromatic carbocycles. The summed E-state index contributed by atoms with van der Waals surface area (Å²) in [6.45, 7) is 5.24. The lowest BCUT2D eigenvalue weighted by Gasteiger charge is -2.14. The van der Waals surface area contributed by atoms with E-state index in [1.807, 2.05) is 36.4 Å². The van der Waals surface area contributed by atoms with Gasteiger partial charge in [-0.1, -0.05) is 42.5 Å². The summed E-state index contributed by atoms with van der Waals surface area (Å²) < 4.78 is 0. The Kier molecular flexibility index (Phi) is 6.11. The molecule has 0 radical (unpaired) electrons. The molecule has 0 aliphatic carbocycles. The van der Waals surface area contributed by atoms with E-state index in [2.05, 4.69) is 55.1 Å². The van der Waals surface area contributed by atoms with E-state index in [0.29, 0.717) is 5.95 Å². The molecular weight excluding hydrogens is 348 g/mol. The van der Waals surface area contributed by atoms with Gasteiger partial charge in [-0.2, -0.15) is 4.98 Å². The molecule has 144 valence electrons. The van der Waals surface area contributed by atoms with E-state index in [4.69, 9.17) is 0 Å². The highest BCUT2D eigenvalue weighted by Gasteiger charge is 2.09. The first-order chi connectivity index (χ1) is 13.9. The number of nitrogens with one attached hydrogen (secondary N) is 3. The van der Waals surface area contributed by atoms with Crippen molar-refractivity contribution >= 4 is 17.5 Å². The molecule has 6 heteroatoms. The van der Waals surface area contributed by atoms with E-state index >= 15 is 0 Å². The predicted molar refractivity (Wildman–Crippen MR) is 115 cm³/mol. The first-order valence-electron chi connectivity index (χ1n) is 9.79. The predicted octanol–water partition coefficient (Wildman–Crippen LogP) is 3.55. The van der Waals surface area contributed by atoms with Gasteiger partial charge in [0.15, 0.2) is 0 Å². The van der Waals surface area contributed by atoms with Crippen LogP contribution < -0.4 is 16.0 Å². The van der Waals surface area contributed by atoms with Crippen molar-refractivity contribution in [2.24, 2.45) is 0 Å². The van der Waals surface area contributed by atoms with Gasteiger partial charge in [0.2, 0.25) is 5.95 Å². The smallest absolute Gasteiger partial charge is 0.229 e. The first kappa shape index (κ1) is 18.4. The second-order valence-electron chi connectivity index (χ2n) is 6.89. The van der Waals surface area contributed by atoms with Crippen LogP contribution in [0.4, 0.5) is 17.5 Å². The SMILES string of the molecule is c1ccc(-c2cccc(Nc3nccc(NCCCN4CCNC4)n3)c2)cc1. The maximum absolute atomic E-state index is 4.58. The number of aromatic nitrogens is 2. The zero-order valence-electron chi connectivity index (χ0n) is 15.9. The third-order valence-electron chi connectivity index (χ3n) is 4.78. The Hall–Kier alpha value is -2.96. The highest BCUT2D eigenvalue weighted by atomic mass is 15.3. The molecule has 0 spiro atoms. The fourth-order valence-corrected chi connectivity index (χ4v) is 3.32. The largest absolute Gasteiger partial charge is 0.370 e. The molecular formula is C22H26N6. The summed E-state index contributed by atoms with van der Waals surface area (Å²) in [5.41, 5.74) is 3.33. The average Bonchev–Trinajstić information content (AvgIpc) is 3.26. The summed E-state index contributed by atoms with van der Waals surface area (Å²) in [5, 5.41) is 10.1. The van der Waals surface area contributed by atoms with E-state index in [1.54, 1.807) is 6.20 Å². The minimum atomic E-state index is 0.596. The summed E-state index contributed by atoms with van der Waals surface area (Å²) in [6.07, 6.45) is 2.87. The van der Waals surface area contributed by atoms with Gasteiger partial charge in [0.1, 0.15) is 5.82 Å². The van der Waals surface area contributed by atoms with E-state index < -0.39 is 0 Å². The Balaban J connectivity index is 1.34. The molecule has 28 heavy (non-hydrogen) atoms. The molecule has 0 saturated carbocycles. The van der Waals surface area contributed by atoms with Gasteiger partial charge in [0.25, 0.3) is 0 Å². The average molecular weight is 374 g/mol. The van der Waals surface area contributed by atoms with Crippen LogP contribution in [-0.2, 0) is 0 Å². The van der Waals surface area contributed by atoms with Crippen molar-refractivity contribution in [2.45, 2.75) is 6.42 Å². The molecule has 0 amide bonds. The number of rotatable bonds is 8. The van der Waals surface area contributed by atoms with Crippen LogP contribution in [-0.4, -0.2) is 47.7 Å². The Morgan fingerprint density at radius 1 is 1.00 bits per heavy atom. The van der Waals surface area contributed by atoms with E-state index in [9.17, 15) is 0 Å². The molecule has 1 aliphatic heterocycles. The lowest BCUT2D eigenvalue weighted by Crippen LogP contribution is -2.24. The summed E-state index contributed by atoms with van der Waals surface area (Å²) in [7, 11) is 0. The van der Waals surface area contributed by atoms with Gasteiger partial charge in [-0.3, -0.25) is 4.90 Å². The molecule has 1 aromatic heterocycles. The lowest BCUT2D eigenvalue weighted by molar-refractivity contribution is 0.333.